The standard InChI is InChI=1S/C16H20N4O3S/c1-4-23-16(22)15(21)20-7-5-19(6-8-20)13-12-10(2)9-24-14(12)18-11(3)17-13/h9H,4-8H2,1-3H3. The molecule has 1 amide bonds. The maximum atomic E-state index is 12.0. The van der Waals surface area contributed by atoms with Gasteiger partial charge in [-0.15, -0.1) is 11.3 Å². The van der Waals surface area contributed by atoms with Crippen LogP contribution >= 0.6 is 11.3 Å². The SMILES string of the molecule is CCOC(=O)C(=O)N1CCN(c2nc(C)nc3scc(C)c23)CC1. The number of thiophene rings is 1. The number of nitrogens with zero attached hydrogens (tertiary/aromatic N) is 4. The Labute approximate surface area is 144 Å². The number of carbonyl (C=O) groups is 2. The molecule has 0 atom stereocenters. The Morgan fingerprint density at radius 3 is 2.58 bits per heavy atom. The molecular weight excluding hydrogens is 328 g/mol. The molecule has 1 saturated heterocycles. The number of piperazine rings is 1. The van der Waals surface area contributed by atoms with Crippen molar-refractivity contribution in [2.24, 2.45) is 0 Å². The van der Waals surface area contributed by atoms with Crippen LogP contribution in [0.15, 0.2) is 5.38 Å². The Morgan fingerprint density at radius 2 is 1.92 bits per heavy atom. The highest BCUT2D eigenvalue weighted by Crippen LogP contribution is 2.32. The lowest BCUT2D eigenvalue weighted by molar-refractivity contribution is -0.160. The molecule has 0 aromatic carbocycles. The van der Waals surface area contributed by atoms with Crippen molar-refractivity contribution < 1.29 is 14.3 Å². The minimum atomic E-state index is -0.778. The van der Waals surface area contributed by atoms with Crippen molar-refractivity contribution in [3.05, 3.63) is 16.8 Å². The smallest absolute Gasteiger partial charge is 0.397 e. The zero-order valence-corrected chi connectivity index (χ0v) is 14.9. The molecule has 8 heteroatoms. The van der Waals surface area contributed by atoms with E-state index in [1.54, 1.807) is 23.2 Å². The van der Waals surface area contributed by atoms with Crippen molar-refractivity contribution in [1.82, 2.24) is 14.9 Å². The van der Waals surface area contributed by atoms with Crippen molar-refractivity contribution in [3.8, 4) is 0 Å². The molecule has 1 aliphatic heterocycles. The number of hydrogen-bond acceptors (Lipinski definition) is 7. The second-order valence-corrected chi connectivity index (χ2v) is 6.55. The van der Waals surface area contributed by atoms with Gasteiger partial charge in [0.05, 0.1) is 12.0 Å². The molecule has 2 aromatic rings. The minimum absolute atomic E-state index is 0.208. The summed E-state index contributed by atoms with van der Waals surface area (Å²) in [7, 11) is 0. The first-order valence-corrected chi connectivity index (χ1v) is 8.82. The van der Waals surface area contributed by atoms with E-state index in [2.05, 4.69) is 27.2 Å². The van der Waals surface area contributed by atoms with Gasteiger partial charge in [-0.05, 0) is 31.7 Å². The Kier molecular flexibility index (Phi) is 4.66. The van der Waals surface area contributed by atoms with Gasteiger partial charge in [0.2, 0.25) is 0 Å². The molecule has 1 aliphatic rings. The van der Waals surface area contributed by atoms with Crippen LogP contribution in [0.25, 0.3) is 10.2 Å². The molecular formula is C16H20N4O3S. The van der Waals surface area contributed by atoms with Crippen LogP contribution in [-0.2, 0) is 14.3 Å². The van der Waals surface area contributed by atoms with Crippen LogP contribution in [0.2, 0.25) is 0 Å². The Hall–Kier alpha value is -2.22. The van der Waals surface area contributed by atoms with E-state index < -0.39 is 11.9 Å². The van der Waals surface area contributed by atoms with Gasteiger partial charge in [-0.25, -0.2) is 14.8 Å². The number of aryl methyl sites for hydroxylation is 2. The first kappa shape index (κ1) is 16.6. The summed E-state index contributed by atoms with van der Waals surface area (Å²) in [6, 6.07) is 0. The van der Waals surface area contributed by atoms with Crippen molar-refractivity contribution in [2.45, 2.75) is 20.8 Å². The molecule has 0 aliphatic carbocycles. The van der Waals surface area contributed by atoms with Crippen LogP contribution in [0.3, 0.4) is 0 Å². The highest BCUT2D eigenvalue weighted by molar-refractivity contribution is 7.17. The van der Waals surface area contributed by atoms with Gasteiger partial charge in [0.25, 0.3) is 0 Å². The highest BCUT2D eigenvalue weighted by atomic mass is 32.1. The summed E-state index contributed by atoms with van der Waals surface area (Å²) in [5.74, 6) is 0.316. The molecule has 7 nitrogen and oxygen atoms in total. The van der Waals surface area contributed by atoms with Gasteiger partial charge >= 0.3 is 11.9 Å². The van der Waals surface area contributed by atoms with E-state index in [0.29, 0.717) is 26.2 Å². The van der Waals surface area contributed by atoms with Gasteiger partial charge in [-0.3, -0.25) is 4.79 Å². The molecule has 3 heterocycles. The number of rotatable bonds is 2. The third kappa shape index (κ3) is 3.06. The number of amides is 1. The normalized spacial score (nSPS) is 15.0. The van der Waals surface area contributed by atoms with Crippen LogP contribution in [0.4, 0.5) is 5.82 Å². The zero-order valence-electron chi connectivity index (χ0n) is 14.0. The van der Waals surface area contributed by atoms with Crippen molar-refractivity contribution in [1.29, 1.82) is 0 Å². The van der Waals surface area contributed by atoms with Crippen molar-refractivity contribution in [2.75, 3.05) is 37.7 Å². The molecule has 0 saturated carbocycles. The summed E-state index contributed by atoms with van der Waals surface area (Å²) in [6.45, 7) is 8.06. The maximum Gasteiger partial charge on any atom is 0.397 e. The summed E-state index contributed by atoms with van der Waals surface area (Å²) in [4.78, 5) is 37.4. The van der Waals surface area contributed by atoms with E-state index in [1.165, 1.54) is 0 Å². The molecule has 0 spiro atoms. The number of esters is 1. The van der Waals surface area contributed by atoms with Crippen LogP contribution in [0.5, 0.6) is 0 Å². The zero-order chi connectivity index (χ0) is 17.3. The van der Waals surface area contributed by atoms with Gasteiger partial charge in [-0.1, -0.05) is 0 Å². The number of fused-ring (bicyclic) bond motifs is 1. The molecule has 3 rings (SSSR count). The fourth-order valence-electron chi connectivity index (χ4n) is 2.84. The van der Waals surface area contributed by atoms with Gasteiger partial charge in [0.15, 0.2) is 0 Å². The fraction of sp³-hybridized carbons (Fsp3) is 0.500. The van der Waals surface area contributed by atoms with Crippen LogP contribution in [0, 0.1) is 13.8 Å². The highest BCUT2D eigenvalue weighted by Gasteiger charge is 2.28. The average Bonchev–Trinajstić information content (AvgIpc) is 2.94. The second kappa shape index (κ2) is 6.72. The second-order valence-electron chi connectivity index (χ2n) is 5.69. The molecule has 24 heavy (non-hydrogen) atoms. The largest absolute Gasteiger partial charge is 0.459 e. The fourth-order valence-corrected chi connectivity index (χ4v) is 3.80. The Bertz CT molecular complexity index is 781. The van der Waals surface area contributed by atoms with E-state index >= 15 is 0 Å². The lowest BCUT2D eigenvalue weighted by Gasteiger charge is -2.35. The molecule has 1 fully saturated rings. The number of hydrogen-bond donors (Lipinski definition) is 0. The van der Waals surface area contributed by atoms with E-state index in [1.807, 2.05) is 6.92 Å². The topological polar surface area (TPSA) is 75.6 Å². The molecule has 2 aromatic heterocycles. The van der Waals surface area contributed by atoms with Crippen molar-refractivity contribution in [3.63, 3.8) is 0 Å². The number of aromatic nitrogens is 2. The third-order valence-electron chi connectivity index (χ3n) is 4.03. The van der Waals surface area contributed by atoms with Crippen LogP contribution in [-0.4, -0.2) is 59.5 Å². The maximum absolute atomic E-state index is 12.0. The number of ether oxygens (including phenoxy) is 1. The molecule has 0 radical (unpaired) electrons. The van der Waals surface area contributed by atoms with Crippen LogP contribution in [0.1, 0.15) is 18.3 Å². The minimum Gasteiger partial charge on any atom is -0.459 e. The van der Waals surface area contributed by atoms with Gasteiger partial charge in [0, 0.05) is 26.2 Å². The predicted octanol–water partition coefficient (Wildman–Crippen LogP) is 1.52. The molecule has 0 N–H and O–H groups in total. The van der Waals surface area contributed by atoms with Crippen molar-refractivity contribution >= 4 is 39.2 Å². The third-order valence-corrected chi connectivity index (χ3v) is 5.02. The van der Waals surface area contributed by atoms with E-state index in [9.17, 15) is 9.59 Å². The molecule has 0 bridgehead atoms. The van der Waals surface area contributed by atoms with E-state index in [4.69, 9.17) is 4.74 Å². The molecule has 128 valence electrons. The van der Waals surface area contributed by atoms with Gasteiger partial charge < -0.3 is 14.5 Å². The summed E-state index contributed by atoms with van der Waals surface area (Å²) in [6.07, 6.45) is 0. The Balaban J connectivity index is 1.77. The Morgan fingerprint density at radius 1 is 1.21 bits per heavy atom. The number of carbonyl (C=O) groups excluding carboxylic acids is 2. The monoisotopic (exact) mass is 348 g/mol. The van der Waals surface area contributed by atoms with E-state index in [-0.39, 0.29) is 6.61 Å². The van der Waals surface area contributed by atoms with Gasteiger partial charge in [0.1, 0.15) is 16.5 Å². The molecule has 0 unspecified atom stereocenters. The predicted molar refractivity (Wildman–Crippen MR) is 92.3 cm³/mol. The summed E-state index contributed by atoms with van der Waals surface area (Å²) in [5, 5.41) is 3.17. The summed E-state index contributed by atoms with van der Waals surface area (Å²) >= 11 is 1.62. The quantitative estimate of drug-likeness (QED) is 0.605. The first-order valence-electron chi connectivity index (χ1n) is 7.94. The lowest BCUT2D eigenvalue weighted by atomic mass is 10.2. The summed E-state index contributed by atoms with van der Waals surface area (Å²) < 4.78 is 4.78. The first-order chi connectivity index (χ1) is 11.5. The summed E-state index contributed by atoms with van der Waals surface area (Å²) in [5.41, 5.74) is 1.16. The van der Waals surface area contributed by atoms with Crippen LogP contribution < -0.4 is 4.90 Å². The van der Waals surface area contributed by atoms with E-state index in [0.717, 1.165) is 27.4 Å². The average molecular weight is 348 g/mol. The lowest BCUT2D eigenvalue weighted by Crippen LogP contribution is -2.51. The van der Waals surface area contributed by atoms with Gasteiger partial charge in [-0.2, -0.15) is 0 Å². The number of anilines is 1.